The molecule has 6 heteroatoms. The molecule has 1 aliphatic carbocycles. The normalized spacial score (nSPS) is 14.0. The fourth-order valence-electron chi connectivity index (χ4n) is 2.50. The fourth-order valence-corrected chi connectivity index (χ4v) is 3.39. The van der Waals surface area contributed by atoms with Crippen molar-refractivity contribution >= 4 is 17.5 Å². The summed E-state index contributed by atoms with van der Waals surface area (Å²) >= 11 is 1.62. The number of Topliss-reactive ketones (excluding diaryl/α,β-unsaturated/α-hetero) is 1. The lowest BCUT2D eigenvalue weighted by Gasteiger charge is -2.11. The third-order valence-electron chi connectivity index (χ3n) is 3.93. The van der Waals surface area contributed by atoms with Crippen LogP contribution in [0, 0.1) is 0 Å². The van der Waals surface area contributed by atoms with Gasteiger partial charge in [0.2, 0.25) is 0 Å². The standard InChI is InChI=1S/C17H21N3O2S/c1-4-22-15-8-7-13(11(2)21)9-14(15)10-23-17-19-18-16(20(17)3)12-5-6-12/h7-9,12H,4-6,10H2,1-3H3. The van der Waals surface area contributed by atoms with Gasteiger partial charge in [-0.3, -0.25) is 4.79 Å². The number of thioether (sulfide) groups is 1. The summed E-state index contributed by atoms with van der Waals surface area (Å²) in [5.74, 6) is 3.26. The van der Waals surface area contributed by atoms with Crippen molar-refractivity contribution in [2.75, 3.05) is 6.61 Å². The number of carbonyl (C=O) groups excluding carboxylic acids is 1. The first-order valence-electron chi connectivity index (χ1n) is 7.89. The van der Waals surface area contributed by atoms with Crippen molar-refractivity contribution in [3.63, 3.8) is 0 Å². The molecule has 1 fully saturated rings. The van der Waals surface area contributed by atoms with Crippen molar-refractivity contribution in [2.45, 2.75) is 43.5 Å². The Morgan fingerprint density at radius 2 is 2.17 bits per heavy atom. The van der Waals surface area contributed by atoms with Crippen molar-refractivity contribution < 1.29 is 9.53 Å². The van der Waals surface area contributed by atoms with Crippen LogP contribution < -0.4 is 4.74 Å². The molecule has 1 heterocycles. The molecule has 1 aromatic carbocycles. The first-order valence-corrected chi connectivity index (χ1v) is 8.87. The highest BCUT2D eigenvalue weighted by Gasteiger charge is 2.29. The van der Waals surface area contributed by atoms with Crippen molar-refractivity contribution in [3.8, 4) is 5.75 Å². The minimum Gasteiger partial charge on any atom is -0.494 e. The number of ether oxygens (including phenoxy) is 1. The van der Waals surface area contributed by atoms with E-state index in [0.717, 1.165) is 22.3 Å². The molecule has 1 aromatic heterocycles. The Balaban J connectivity index is 1.78. The molecule has 122 valence electrons. The third-order valence-corrected chi connectivity index (χ3v) is 5.00. The van der Waals surface area contributed by atoms with E-state index >= 15 is 0 Å². The van der Waals surface area contributed by atoms with Gasteiger partial charge in [-0.05, 0) is 44.9 Å². The van der Waals surface area contributed by atoms with Gasteiger partial charge >= 0.3 is 0 Å². The summed E-state index contributed by atoms with van der Waals surface area (Å²) in [6.07, 6.45) is 2.43. The van der Waals surface area contributed by atoms with Crippen LogP contribution in [-0.2, 0) is 12.8 Å². The lowest BCUT2D eigenvalue weighted by molar-refractivity contribution is 0.101. The first-order chi connectivity index (χ1) is 11.1. The molecule has 0 spiro atoms. The third kappa shape index (κ3) is 3.58. The molecule has 0 radical (unpaired) electrons. The second-order valence-corrected chi connectivity index (χ2v) is 6.72. The maximum absolute atomic E-state index is 11.6. The van der Waals surface area contributed by atoms with Crippen LogP contribution in [0.25, 0.3) is 0 Å². The van der Waals surface area contributed by atoms with Gasteiger partial charge in [0.25, 0.3) is 0 Å². The van der Waals surface area contributed by atoms with Gasteiger partial charge in [-0.1, -0.05) is 11.8 Å². The Labute approximate surface area is 140 Å². The van der Waals surface area contributed by atoms with Gasteiger partial charge in [-0.2, -0.15) is 0 Å². The molecule has 0 unspecified atom stereocenters. The summed E-state index contributed by atoms with van der Waals surface area (Å²) in [7, 11) is 2.02. The van der Waals surface area contributed by atoms with E-state index in [-0.39, 0.29) is 5.78 Å². The van der Waals surface area contributed by atoms with E-state index in [1.54, 1.807) is 18.7 Å². The van der Waals surface area contributed by atoms with Crippen LogP contribution in [0.1, 0.15) is 54.4 Å². The number of hydrogen-bond donors (Lipinski definition) is 0. The monoisotopic (exact) mass is 331 g/mol. The zero-order chi connectivity index (χ0) is 16.4. The minimum absolute atomic E-state index is 0.0639. The zero-order valence-electron chi connectivity index (χ0n) is 13.7. The summed E-state index contributed by atoms with van der Waals surface area (Å²) in [5.41, 5.74) is 1.72. The molecule has 0 saturated heterocycles. The highest BCUT2D eigenvalue weighted by Crippen LogP contribution is 2.40. The molecule has 1 saturated carbocycles. The number of carbonyl (C=O) groups is 1. The Morgan fingerprint density at radius 3 is 2.83 bits per heavy atom. The highest BCUT2D eigenvalue weighted by atomic mass is 32.2. The van der Waals surface area contributed by atoms with E-state index in [4.69, 9.17) is 4.74 Å². The Hall–Kier alpha value is -1.82. The molecule has 23 heavy (non-hydrogen) atoms. The van der Waals surface area contributed by atoms with E-state index in [1.165, 1.54) is 12.8 Å². The molecular formula is C17H21N3O2S. The Bertz CT molecular complexity index is 723. The molecule has 0 amide bonds. The Morgan fingerprint density at radius 1 is 1.39 bits per heavy atom. The van der Waals surface area contributed by atoms with Crippen LogP contribution in [-0.4, -0.2) is 27.2 Å². The number of nitrogens with zero attached hydrogens (tertiary/aromatic N) is 3. The summed E-state index contributed by atoms with van der Waals surface area (Å²) in [4.78, 5) is 11.6. The molecule has 2 aromatic rings. The van der Waals surface area contributed by atoms with Gasteiger partial charge in [0, 0.05) is 29.8 Å². The van der Waals surface area contributed by atoms with Crippen LogP contribution >= 0.6 is 11.8 Å². The molecule has 0 N–H and O–H groups in total. The summed E-state index contributed by atoms with van der Waals surface area (Å²) in [6, 6.07) is 5.61. The maximum atomic E-state index is 11.6. The number of benzene rings is 1. The summed E-state index contributed by atoms with van der Waals surface area (Å²) in [6.45, 7) is 4.14. The van der Waals surface area contributed by atoms with E-state index in [1.807, 2.05) is 32.2 Å². The van der Waals surface area contributed by atoms with Gasteiger partial charge in [-0.15, -0.1) is 10.2 Å². The Kier molecular flexibility index (Phi) is 4.71. The van der Waals surface area contributed by atoms with Crippen LogP contribution in [0.5, 0.6) is 5.75 Å². The second-order valence-electron chi connectivity index (χ2n) is 5.77. The minimum atomic E-state index is 0.0639. The van der Waals surface area contributed by atoms with E-state index in [9.17, 15) is 4.79 Å². The van der Waals surface area contributed by atoms with Crippen molar-refractivity contribution in [3.05, 3.63) is 35.2 Å². The van der Waals surface area contributed by atoms with Gasteiger partial charge in [0.1, 0.15) is 11.6 Å². The second kappa shape index (κ2) is 6.74. The van der Waals surface area contributed by atoms with Crippen LogP contribution in [0.2, 0.25) is 0 Å². The summed E-state index contributed by atoms with van der Waals surface area (Å²) in [5, 5.41) is 9.50. The average Bonchev–Trinajstić information content (AvgIpc) is 3.30. The predicted octanol–water partition coefficient (Wildman–Crippen LogP) is 3.59. The SMILES string of the molecule is CCOc1ccc(C(C)=O)cc1CSc1nnc(C2CC2)n1C. The quantitative estimate of drug-likeness (QED) is 0.573. The van der Waals surface area contributed by atoms with Gasteiger partial charge in [0.15, 0.2) is 10.9 Å². The van der Waals surface area contributed by atoms with Crippen LogP contribution in [0.4, 0.5) is 0 Å². The van der Waals surface area contributed by atoms with E-state index in [2.05, 4.69) is 14.8 Å². The van der Waals surface area contributed by atoms with E-state index < -0.39 is 0 Å². The lowest BCUT2D eigenvalue weighted by atomic mass is 10.1. The fraction of sp³-hybridized carbons (Fsp3) is 0.471. The average molecular weight is 331 g/mol. The van der Waals surface area contributed by atoms with Crippen molar-refractivity contribution in [1.29, 1.82) is 0 Å². The largest absolute Gasteiger partial charge is 0.494 e. The lowest BCUT2D eigenvalue weighted by Crippen LogP contribution is -2.01. The predicted molar refractivity (Wildman–Crippen MR) is 90.2 cm³/mol. The molecule has 0 aliphatic heterocycles. The van der Waals surface area contributed by atoms with Crippen molar-refractivity contribution in [1.82, 2.24) is 14.8 Å². The van der Waals surface area contributed by atoms with E-state index in [0.29, 0.717) is 23.8 Å². The number of ketones is 1. The summed E-state index contributed by atoms with van der Waals surface area (Å²) < 4.78 is 7.76. The van der Waals surface area contributed by atoms with Crippen molar-refractivity contribution in [2.24, 2.45) is 7.05 Å². The molecular weight excluding hydrogens is 310 g/mol. The molecule has 0 atom stereocenters. The van der Waals surface area contributed by atoms with Gasteiger partial charge in [-0.25, -0.2) is 0 Å². The smallest absolute Gasteiger partial charge is 0.191 e. The number of rotatable bonds is 7. The topological polar surface area (TPSA) is 57.0 Å². The molecule has 0 bridgehead atoms. The molecule has 3 rings (SSSR count). The molecule has 5 nitrogen and oxygen atoms in total. The maximum Gasteiger partial charge on any atom is 0.191 e. The van der Waals surface area contributed by atoms with Gasteiger partial charge < -0.3 is 9.30 Å². The first kappa shape index (κ1) is 16.1. The van der Waals surface area contributed by atoms with Gasteiger partial charge in [0.05, 0.1) is 6.61 Å². The molecule has 1 aliphatic rings. The van der Waals surface area contributed by atoms with Crippen LogP contribution in [0.3, 0.4) is 0 Å². The number of hydrogen-bond acceptors (Lipinski definition) is 5. The number of aromatic nitrogens is 3. The zero-order valence-corrected chi connectivity index (χ0v) is 14.5. The van der Waals surface area contributed by atoms with Crippen LogP contribution in [0.15, 0.2) is 23.4 Å². The highest BCUT2D eigenvalue weighted by molar-refractivity contribution is 7.98.